The lowest BCUT2D eigenvalue weighted by Crippen LogP contribution is -2.36. The van der Waals surface area contributed by atoms with Crippen molar-refractivity contribution in [3.8, 4) is 0 Å². The number of rotatable bonds is 4. The molecular formula is C15H19N5O3. The van der Waals surface area contributed by atoms with Crippen molar-refractivity contribution < 1.29 is 14.3 Å². The zero-order valence-corrected chi connectivity index (χ0v) is 13.1. The van der Waals surface area contributed by atoms with Gasteiger partial charge in [0, 0.05) is 19.3 Å². The molecule has 1 saturated carbocycles. The molecule has 0 bridgehead atoms. The number of hydrogen-bond donors (Lipinski definition) is 2. The van der Waals surface area contributed by atoms with Crippen LogP contribution in [-0.4, -0.2) is 46.4 Å². The van der Waals surface area contributed by atoms with E-state index in [2.05, 4.69) is 20.6 Å². The number of anilines is 1. The van der Waals surface area contributed by atoms with E-state index in [1.54, 1.807) is 23.7 Å². The first-order chi connectivity index (χ1) is 11.1. The molecule has 0 saturated heterocycles. The third-order valence-corrected chi connectivity index (χ3v) is 4.21. The van der Waals surface area contributed by atoms with E-state index in [-0.39, 0.29) is 17.9 Å². The molecule has 3 rings (SSSR count). The van der Waals surface area contributed by atoms with Crippen LogP contribution >= 0.6 is 0 Å². The molecule has 2 unspecified atom stereocenters. The summed E-state index contributed by atoms with van der Waals surface area (Å²) in [7, 11) is 2.98. The van der Waals surface area contributed by atoms with Crippen LogP contribution in [0.4, 0.5) is 5.82 Å². The summed E-state index contributed by atoms with van der Waals surface area (Å²) in [6.45, 7) is 0. The molecule has 1 fully saturated rings. The summed E-state index contributed by atoms with van der Waals surface area (Å²) in [6.07, 6.45) is 5.95. The smallest absolute Gasteiger partial charge is 0.356 e. The maximum Gasteiger partial charge on any atom is 0.356 e. The van der Waals surface area contributed by atoms with Gasteiger partial charge in [-0.1, -0.05) is 6.42 Å². The van der Waals surface area contributed by atoms with Crippen molar-refractivity contribution in [3.63, 3.8) is 0 Å². The molecule has 8 heteroatoms. The SMILES string of the molecule is CNC(=O)C1CCCC1Nc1ccn2c(C(=O)OC)cnc2n1. The molecule has 0 spiro atoms. The molecule has 2 atom stereocenters. The third kappa shape index (κ3) is 2.84. The number of amides is 1. The number of carbonyl (C=O) groups is 2. The summed E-state index contributed by atoms with van der Waals surface area (Å²) in [6, 6.07) is 1.82. The van der Waals surface area contributed by atoms with E-state index in [0.29, 0.717) is 17.3 Å². The number of carbonyl (C=O) groups excluding carboxylic acids is 2. The van der Waals surface area contributed by atoms with Gasteiger partial charge in [0.15, 0.2) is 5.69 Å². The Morgan fingerprint density at radius 1 is 1.39 bits per heavy atom. The molecule has 8 nitrogen and oxygen atoms in total. The van der Waals surface area contributed by atoms with Crippen LogP contribution in [0.5, 0.6) is 0 Å². The van der Waals surface area contributed by atoms with Crippen molar-refractivity contribution in [2.45, 2.75) is 25.3 Å². The normalized spacial score (nSPS) is 20.4. The van der Waals surface area contributed by atoms with Gasteiger partial charge in [-0.3, -0.25) is 9.20 Å². The number of aromatic nitrogens is 3. The summed E-state index contributed by atoms with van der Waals surface area (Å²) < 4.78 is 6.28. The third-order valence-electron chi connectivity index (χ3n) is 4.21. The number of hydrogen-bond acceptors (Lipinski definition) is 6. The number of ether oxygens (including phenoxy) is 1. The van der Waals surface area contributed by atoms with Crippen LogP contribution in [0.25, 0.3) is 5.78 Å². The first-order valence-corrected chi connectivity index (χ1v) is 7.54. The van der Waals surface area contributed by atoms with Gasteiger partial charge < -0.3 is 15.4 Å². The zero-order valence-electron chi connectivity index (χ0n) is 13.1. The highest BCUT2D eigenvalue weighted by Gasteiger charge is 2.32. The lowest BCUT2D eigenvalue weighted by molar-refractivity contribution is -0.124. The molecule has 122 valence electrons. The van der Waals surface area contributed by atoms with E-state index in [9.17, 15) is 9.59 Å². The number of esters is 1. The van der Waals surface area contributed by atoms with Crippen molar-refractivity contribution in [1.29, 1.82) is 0 Å². The van der Waals surface area contributed by atoms with Crippen LogP contribution in [0.2, 0.25) is 0 Å². The standard InChI is InChI=1S/C15H19N5O3/c1-16-13(21)9-4-3-5-10(9)18-12-6-7-20-11(14(22)23-2)8-17-15(20)19-12/h6-10H,3-5H2,1-2H3,(H,16,21)(H,17,18,19). The number of fused-ring (bicyclic) bond motifs is 1. The van der Waals surface area contributed by atoms with Gasteiger partial charge in [0.2, 0.25) is 11.7 Å². The topological polar surface area (TPSA) is 97.6 Å². The second-order valence-corrected chi connectivity index (χ2v) is 5.52. The summed E-state index contributed by atoms with van der Waals surface area (Å²) >= 11 is 0. The van der Waals surface area contributed by atoms with Crippen molar-refractivity contribution >= 4 is 23.5 Å². The molecule has 2 N–H and O–H groups in total. The molecule has 23 heavy (non-hydrogen) atoms. The van der Waals surface area contributed by atoms with E-state index >= 15 is 0 Å². The largest absolute Gasteiger partial charge is 0.464 e. The van der Waals surface area contributed by atoms with Gasteiger partial charge >= 0.3 is 5.97 Å². The Bertz CT molecular complexity index is 742. The first-order valence-electron chi connectivity index (χ1n) is 7.54. The maximum absolute atomic E-state index is 11.9. The summed E-state index contributed by atoms with van der Waals surface area (Å²) in [5, 5.41) is 6.02. The van der Waals surface area contributed by atoms with Crippen LogP contribution in [-0.2, 0) is 9.53 Å². The Kier molecular flexibility index (Phi) is 4.14. The Morgan fingerprint density at radius 3 is 2.96 bits per heavy atom. The molecule has 1 amide bonds. The highest BCUT2D eigenvalue weighted by molar-refractivity contribution is 5.88. The predicted octanol–water partition coefficient (Wildman–Crippen LogP) is 0.842. The molecule has 1 aliphatic carbocycles. The number of imidazole rings is 1. The molecule has 2 aromatic rings. The fraction of sp³-hybridized carbons (Fsp3) is 0.467. The minimum atomic E-state index is -0.463. The van der Waals surface area contributed by atoms with Crippen LogP contribution in [0.3, 0.4) is 0 Å². The predicted molar refractivity (Wildman–Crippen MR) is 83.1 cm³/mol. The van der Waals surface area contributed by atoms with Gasteiger partial charge in [-0.25, -0.2) is 9.78 Å². The van der Waals surface area contributed by atoms with Crippen molar-refractivity contribution in [2.75, 3.05) is 19.5 Å². The van der Waals surface area contributed by atoms with Gasteiger partial charge in [-0.05, 0) is 18.9 Å². The molecule has 2 heterocycles. The van der Waals surface area contributed by atoms with Crippen LogP contribution in [0.15, 0.2) is 18.5 Å². The van der Waals surface area contributed by atoms with Gasteiger partial charge in [0.25, 0.3) is 0 Å². The molecule has 1 aliphatic rings. The number of methoxy groups -OCH3 is 1. The highest BCUT2D eigenvalue weighted by Crippen LogP contribution is 2.28. The van der Waals surface area contributed by atoms with E-state index in [0.717, 1.165) is 19.3 Å². The van der Waals surface area contributed by atoms with E-state index in [1.807, 2.05) is 0 Å². The van der Waals surface area contributed by atoms with Crippen LogP contribution in [0.1, 0.15) is 29.8 Å². The Morgan fingerprint density at radius 2 is 2.22 bits per heavy atom. The zero-order chi connectivity index (χ0) is 16.4. The van der Waals surface area contributed by atoms with E-state index in [1.165, 1.54) is 13.3 Å². The van der Waals surface area contributed by atoms with Crippen molar-refractivity contribution in [1.82, 2.24) is 19.7 Å². The highest BCUT2D eigenvalue weighted by atomic mass is 16.5. The summed E-state index contributed by atoms with van der Waals surface area (Å²) in [5.41, 5.74) is 0.325. The van der Waals surface area contributed by atoms with E-state index < -0.39 is 5.97 Å². The molecule has 2 aromatic heterocycles. The Hall–Kier alpha value is -2.64. The van der Waals surface area contributed by atoms with Crippen LogP contribution in [0, 0.1) is 5.92 Å². The Labute approximate surface area is 133 Å². The lowest BCUT2D eigenvalue weighted by atomic mass is 10.0. The van der Waals surface area contributed by atoms with Gasteiger partial charge in [-0.2, -0.15) is 4.98 Å². The minimum Gasteiger partial charge on any atom is -0.464 e. The van der Waals surface area contributed by atoms with Crippen molar-refractivity contribution in [3.05, 3.63) is 24.2 Å². The average molecular weight is 317 g/mol. The van der Waals surface area contributed by atoms with Gasteiger partial charge in [-0.15, -0.1) is 0 Å². The van der Waals surface area contributed by atoms with E-state index in [4.69, 9.17) is 4.74 Å². The summed E-state index contributed by atoms with van der Waals surface area (Å²) in [5.74, 6) is 0.582. The molecular weight excluding hydrogens is 298 g/mol. The molecule has 0 radical (unpaired) electrons. The lowest BCUT2D eigenvalue weighted by Gasteiger charge is -2.20. The minimum absolute atomic E-state index is 0.0508. The Balaban J connectivity index is 1.81. The fourth-order valence-corrected chi connectivity index (χ4v) is 3.03. The average Bonchev–Trinajstić information content (AvgIpc) is 3.20. The van der Waals surface area contributed by atoms with Gasteiger partial charge in [0.05, 0.1) is 19.2 Å². The van der Waals surface area contributed by atoms with Crippen molar-refractivity contribution in [2.24, 2.45) is 5.92 Å². The number of nitrogens with one attached hydrogen (secondary N) is 2. The number of nitrogens with zero attached hydrogens (tertiary/aromatic N) is 3. The maximum atomic E-state index is 11.9. The second-order valence-electron chi connectivity index (χ2n) is 5.52. The molecule has 0 aromatic carbocycles. The fourth-order valence-electron chi connectivity index (χ4n) is 3.03. The first kappa shape index (κ1) is 15.3. The monoisotopic (exact) mass is 317 g/mol. The van der Waals surface area contributed by atoms with Gasteiger partial charge in [0.1, 0.15) is 5.82 Å². The summed E-state index contributed by atoms with van der Waals surface area (Å²) in [4.78, 5) is 32.1. The quantitative estimate of drug-likeness (QED) is 0.811. The molecule has 0 aliphatic heterocycles. The second kappa shape index (κ2) is 6.23. The van der Waals surface area contributed by atoms with Crippen LogP contribution < -0.4 is 10.6 Å².